The first kappa shape index (κ1) is 12.2. The van der Waals surface area contributed by atoms with Crippen molar-refractivity contribution < 1.29 is 0 Å². The lowest BCUT2D eigenvalue weighted by molar-refractivity contribution is 0.525. The van der Waals surface area contributed by atoms with Crippen LogP contribution in [0.3, 0.4) is 0 Å². The molecule has 0 spiro atoms. The lowest BCUT2D eigenvalue weighted by Gasteiger charge is -2.21. The highest BCUT2D eigenvalue weighted by Gasteiger charge is 2.27. The third-order valence-electron chi connectivity index (χ3n) is 4.09. The van der Waals surface area contributed by atoms with Crippen molar-refractivity contribution in [1.82, 2.24) is 4.98 Å². The van der Waals surface area contributed by atoms with Gasteiger partial charge in [-0.15, -0.1) is 0 Å². The van der Waals surface area contributed by atoms with Gasteiger partial charge in [-0.3, -0.25) is 4.98 Å². The summed E-state index contributed by atoms with van der Waals surface area (Å²) in [7, 11) is 0. The molecule has 0 saturated carbocycles. The van der Waals surface area contributed by atoms with Crippen molar-refractivity contribution in [1.29, 1.82) is 0 Å². The number of aryl methyl sites for hydroxylation is 1. The van der Waals surface area contributed by atoms with Crippen LogP contribution in [0, 0.1) is 0 Å². The van der Waals surface area contributed by atoms with E-state index in [1.807, 2.05) is 12.3 Å². The number of anilines is 1. The summed E-state index contributed by atoms with van der Waals surface area (Å²) in [5, 5.41) is 0. The van der Waals surface area contributed by atoms with Crippen molar-refractivity contribution in [3.8, 4) is 0 Å². The quantitative estimate of drug-likeness (QED) is 0.882. The zero-order valence-electron chi connectivity index (χ0n) is 10.9. The summed E-state index contributed by atoms with van der Waals surface area (Å²) in [6, 6.07) is 10.6. The second kappa shape index (κ2) is 5.02. The van der Waals surface area contributed by atoms with Gasteiger partial charge >= 0.3 is 0 Å². The molecule has 2 atom stereocenters. The Labute approximate surface area is 113 Å². The Morgan fingerprint density at radius 2 is 2.11 bits per heavy atom. The molecule has 1 aromatic heterocycles. The SMILES string of the molecule is Nc1ccncc1CC(N)C1CCc2ccccc21. The first-order valence-electron chi connectivity index (χ1n) is 6.77. The third kappa shape index (κ3) is 2.34. The molecular weight excluding hydrogens is 234 g/mol. The summed E-state index contributed by atoms with van der Waals surface area (Å²) in [5.74, 6) is 0.441. The minimum atomic E-state index is 0.107. The molecular formula is C16H19N3. The van der Waals surface area contributed by atoms with Crippen LogP contribution in [-0.2, 0) is 12.8 Å². The zero-order chi connectivity index (χ0) is 13.2. The van der Waals surface area contributed by atoms with Crippen LogP contribution in [0.4, 0.5) is 5.69 Å². The molecule has 3 heteroatoms. The standard InChI is InChI=1S/C16H19N3/c17-15-7-8-19-10-12(15)9-16(18)14-6-5-11-3-1-2-4-13(11)14/h1-4,7-8,10,14,16H,5-6,9,18H2,(H2,17,19). The first-order chi connectivity index (χ1) is 9.25. The van der Waals surface area contributed by atoms with Gasteiger partial charge in [-0.25, -0.2) is 0 Å². The van der Waals surface area contributed by atoms with Gasteiger partial charge in [0, 0.05) is 24.1 Å². The molecule has 0 aliphatic heterocycles. The van der Waals surface area contributed by atoms with Crippen molar-refractivity contribution in [3.63, 3.8) is 0 Å². The van der Waals surface area contributed by atoms with E-state index in [4.69, 9.17) is 11.5 Å². The number of hydrogen-bond acceptors (Lipinski definition) is 3. The van der Waals surface area contributed by atoms with Gasteiger partial charge in [0.15, 0.2) is 0 Å². The van der Waals surface area contributed by atoms with Crippen LogP contribution in [0.25, 0.3) is 0 Å². The summed E-state index contributed by atoms with van der Waals surface area (Å²) >= 11 is 0. The average molecular weight is 253 g/mol. The molecule has 3 rings (SSSR count). The van der Waals surface area contributed by atoms with E-state index in [0.717, 1.165) is 30.5 Å². The maximum absolute atomic E-state index is 6.41. The summed E-state index contributed by atoms with van der Waals surface area (Å²) in [6.07, 6.45) is 6.61. The van der Waals surface area contributed by atoms with E-state index in [2.05, 4.69) is 29.2 Å². The predicted octanol–water partition coefficient (Wildman–Crippen LogP) is 2.26. The van der Waals surface area contributed by atoms with Crippen LogP contribution >= 0.6 is 0 Å². The molecule has 98 valence electrons. The highest BCUT2D eigenvalue weighted by atomic mass is 14.7. The smallest absolute Gasteiger partial charge is 0.0378 e. The Kier molecular flexibility index (Phi) is 3.22. The van der Waals surface area contributed by atoms with Crippen LogP contribution in [0.2, 0.25) is 0 Å². The molecule has 3 nitrogen and oxygen atoms in total. The number of nitrogens with zero attached hydrogens (tertiary/aromatic N) is 1. The van der Waals surface area contributed by atoms with Crippen LogP contribution in [0.5, 0.6) is 0 Å². The number of rotatable bonds is 3. The Bertz CT molecular complexity index is 580. The van der Waals surface area contributed by atoms with Gasteiger partial charge in [0.1, 0.15) is 0 Å². The van der Waals surface area contributed by atoms with Gasteiger partial charge < -0.3 is 11.5 Å². The normalized spacial score (nSPS) is 19.1. The number of benzene rings is 1. The van der Waals surface area contributed by atoms with E-state index in [9.17, 15) is 0 Å². The number of hydrogen-bond donors (Lipinski definition) is 2. The Morgan fingerprint density at radius 1 is 1.26 bits per heavy atom. The molecule has 4 N–H and O–H groups in total. The van der Waals surface area contributed by atoms with E-state index in [0.29, 0.717) is 5.92 Å². The summed E-state index contributed by atoms with van der Waals surface area (Å²) in [5.41, 5.74) is 17.1. The largest absolute Gasteiger partial charge is 0.398 e. The molecule has 1 heterocycles. The molecule has 0 saturated heterocycles. The van der Waals surface area contributed by atoms with E-state index >= 15 is 0 Å². The number of aromatic nitrogens is 1. The minimum Gasteiger partial charge on any atom is -0.398 e. The first-order valence-corrected chi connectivity index (χ1v) is 6.77. The second-order valence-corrected chi connectivity index (χ2v) is 5.29. The fourth-order valence-electron chi connectivity index (χ4n) is 3.04. The lowest BCUT2D eigenvalue weighted by Crippen LogP contribution is -2.30. The van der Waals surface area contributed by atoms with Crippen molar-refractivity contribution in [2.45, 2.75) is 31.2 Å². The Hall–Kier alpha value is -1.87. The molecule has 0 amide bonds. The van der Waals surface area contributed by atoms with Crippen LogP contribution in [0.15, 0.2) is 42.7 Å². The van der Waals surface area contributed by atoms with Gasteiger partial charge in [-0.05, 0) is 47.9 Å². The number of nitrogens with two attached hydrogens (primary N) is 2. The highest BCUT2D eigenvalue weighted by Crippen LogP contribution is 2.35. The Balaban J connectivity index is 1.79. The van der Waals surface area contributed by atoms with Gasteiger partial charge in [0.25, 0.3) is 0 Å². The average Bonchev–Trinajstić information content (AvgIpc) is 2.85. The molecule has 0 bridgehead atoms. The van der Waals surface area contributed by atoms with Crippen molar-refractivity contribution in [3.05, 3.63) is 59.4 Å². The lowest BCUT2D eigenvalue weighted by atomic mass is 9.89. The number of pyridine rings is 1. The van der Waals surface area contributed by atoms with Crippen molar-refractivity contribution in [2.24, 2.45) is 5.73 Å². The zero-order valence-corrected chi connectivity index (χ0v) is 10.9. The highest BCUT2D eigenvalue weighted by molar-refractivity contribution is 5.45. The fraction of sp³-hybridized carbons (Fsp3) is 0.312. The van der Waals surface area contributed by atoms with Gasteiger partial charge in [-0.2, -0.15) is 0 Å². The minimum absolute atomic E-state index is 0.107. The van der Waals surface area contributed by atoms with Gasteiger partial charge in [0.05, 0.1) is 0 Å². The van der Waals surface area contributed by atoms with Crippen LogP contribution < -0.4 is 11.5 Å². The van der Waals surface area contributed by atoms with Crippen molar-refractivity contribution >= 4 is 5.69 Å². The predicted molar refractivity (Wildman–Crippen MR) is 77.8 cm³/mol. The van der Waals surface area contributed by atoms with Crippen molar-refractivity contribution in [2.75, 3.05) is 5.73 Å². The molecule has 0 fully saturated rings. The fourth-order valence-corrected chi connectivity index (χ4v) is 3.04. The molecule has 1 aliphatic carbocycles. The van der Waals surface area contributed by atoms with Gasteiger partial charge in [-0.1, -0.05) is 24.3 Å². The van der Waals surface area contributed by atoms with E-state index in [1.54, 1.807) is 6.20 Å². The summed E-state index contributed by atoms with van der Waals surface area (Å²) in [4.78, 5) is 4.13. The maximum Gasteiger partial charge on any atom is 0.0378 e. The maximum atomic E-state index is 6.41. The number of nitrogen functional groups attached to an aromatic ring is 1. The number of fused-ring (bicyclic) bond motifs is 1. The molecule has 19 heavy (non-hydrogen) atoms. The molecule has 1 aromatic carbocycles. The summed E-state index contributed by atoms with van der Waals surface area (Å²) < 4.78 is 0. The van der Waals surface area contributed by atoms with Gasteiger partial charge in [0.2, 0.25) is 0 Å². The second-order valence-electron chi connectivity index (χ2n) is 5.29. The van der Waals surface area contributed by atoms with E-state index in [1.165, 1.54) is 11.1 Å². The van der Waals surface area contributed by atoms with Crippen LogP contribution in [0.1, 0.15) is 29.0 Å². The topological polar surface area (TPSA) is 64.9 Å². The Morgan fingerprint density at radius 3 is 2.95 bits per heavy atom. The molecule has 2 unspecified atom stereocenters. The van der Waals surface area contributed by atoms with Crippen LogP contribution in [-0.4, -0.2) is 11.0 Å². The monoisotopic (exact) mass is 253 g/mol. The summed E-state index contributed by atoms with van der Waals surface area (Å²) in [6.45, 7) is 0. The molecule has 0 radical (unpaired) electrons. The van der Waals surface area contributed by atoms with E-state index in [-0.39, 0.29) is 6.04 Å². The van der Waals surface area contributed by atoms with E-state index < -0.39 is 0 Å². The third-order valence-corrected chi connectivity index (χ3v) is 4.09. The molecule has 1 aliphatic rings. The molecule has 2 aromatic rings.